The molecule has 23 heavy (non-hydrogen) atoms. The molecule has 1 N–H and O–H groups in total. The van der Waals surface area contributed by atoms with E-state index in [1.165, 1.54) is 7.11 Å². The van der Waals surface area contributed by atoms with E-state index in [-0.39, 0.29) is 18.2 Å². The molecule has 2 amide bonds. The minimum Gasteiger partial charge on any atom is -0.474 e. The average Bonchev–Trinajstić information content (AvgIpc) is 2.60. The van der Waals surface area contributed by atoms with E-state index in [1.54, 1.807) is 12.3 Å². The van der Waals surface area contributed by atoms with Crippen molar-refractivity contribution in [2.24, 2.45) is 0 Å². The van der Waals surface area contributed by atoms with E-state index in [1.807, 2.05) is 4.90 Å². The highest BCUT2D eigenvalue weighted by Gasteiger charge is 2.25. The van der Waals surface area contributed by atoms with E-state index in [0.29, 0.717) is 25.0 Å². The second kappa shape index (κ2) is 8.55. The Morgan fingerprint density at radius 2 is 2.09 bits per heavy atom. The molecule has 0 saturated carbocycles. The van der Waals surface area contributed by atoms with Crippen molar-refractivity contribution in [1.82, 2.24) is 20.2 Å². The Balaban J connectivity index is 1.80. The zero-order valence-corrected chi connectivity index (χ0v) is 14.1. The third-order valence-corrected chi connectivity index (χ3v) is 4.12. The van der Waals surface area contributed by atoms with Gasteiger partial charge < -0.3 is 19.7 Å². The van der Waals surface area contributed by atoms with Crippen molar-refractivity contribution in [3.63, 3.8) is 0 Å². The van der Waals surface area contributed by atoms with Crippen LogP contribution in [-0.4, -0.2) is 53.2 Å². The highest BCUT2D eigenvalue weighted by atomic mass is 16.5. The number of amides is 2. The van der Waals surface area contributed by atoms with Crippen LogP contribution in [0.5, 0.6) is 11.9 Å². The van der Waals surface area contributed by atoms with Gasteiger partial charge in [0.05, 0.1) is 7.11 Å². The van der Waals surface area contributed by atoms with Gasteiger partial charge in [-0.25, -0.2) is 9.78 Å². The van der Waals surface area contributed by atoms with Gasteiger partial charge in [-0.15, -0.1) is 0 Å². The van der Waals surface area contributed by atoms with Crippen LogP contribution >= 0.6 is 0 Å². The summed E-state index contributed by atoms with van der Waals surface area (Å²) < 4.78 is 10.8. The summed E-state index contributed by atoms with van der Waals surface area (Å²) in [5.41, 5.74) is 0. The van der Waals surface area contributed by atoms with E-state index in [0.717, 1.165) is 25.7 Å². The minimum atomic E-state index is 0.0286. The molecule has 7 heteroatoms. The first kappa shape index (κ1) is 17.3. The minimum absolute atomic E-state index is 0.0286. The fourth-order valence-electron chi connectivity index (χ4n) is 2.60. The number of hydrogen-bond donors (Lipinski definition) is 1. The first-order valence-electron chi connectivity index (χ1n) is 8.25. The fraction of sp³-hybridized carbons (Fsp3) is 0.688. The number of urea groups is 1. The predicted octanol–water partition coefficient (Wildman–Crippen LogP) is 2.23. The number of ether oxygens (including phenoxy) is 2. The Morgan fingerprint density at radius 3 is 2.70 bits per heavy atom. The van der Waals surface area contributed by atoms with Crippen LogP contribution in [0.15, 0.2) is 12.3 Å². The number of rotatable bonds is 6. The van der Waals surface area contributed by atoms with Crippen molar-refractivity contribution < 1.29 is 14.3 Å². The number of carbonyl (C=O) groups excluding carboxylic acids is 1. The molecular formula is C16H26N4O3. The van der Waals surface area contributed by atoms with E-state index in [2.05, 4.69) is 29.1 Å². The SMILES string of the molecule is CCC(CC)NC(=O)N1CCC(Oc2ccnc(OC)n2)CC1. The van der Waals surface area contributed by atoms with Crippen molar-refractivity contribution >= 4 is 6.03 Å². The fourth-order valence-corrected chi connectivity index (χ4v) is 2.60. The molecule has 1 aliphatic rings. The van der Waals surface area contributed by atoms with Crippen molar-refractivity contribution in [1.29, 1.82) is 0 Å². The van der Waals surface area contributed by atoms with Crippen LogP contribution in [0.2, 0.25) is 0 Å². The molecule has 7 nitrogen and oxygen atoms in total. The maximum Gasteiger partial charge on any atom is 0.319 e. The highest BCUT2D eigenvalue weighted by Crippen LogP contribution is 2.18. The van der Waals surface area contributed by atoms with Gasteiger partial charge in [-0.2, -0.15) is 4.98 Å². The lowest BCUT2D eigenvalue weighted by Gasteiger charge is -2.33. The number of likely N-dealkylation sites (tertiary alicyclic amines) is 1. The second-order valence-electron chi connectivity index (χ2n) is 5.65. The molecule has 0 radical (unpaired) electrons. The van der Waals surface area contributed by atoms with Crippen molar-refractivity contribution in [3.05, 3.63) is 12.3 Å². The molecule has 1 saturated heterocycles. The smallest absolute Gasteiger partial charge is 0.319 e. The van der Waals surface area contributed by atoms with Crippen LogP contribution < -0.4 is 14.8 Å². The van der Waals surface area contributed by atoms with Crippen LogP contribution in [0.4, 0.5) is 4.79 Å². The Kier molecular flexibility index (Phi) is 6.43. The maximum atomic E-state index is 12.2. The third kappa shape index (κ3) is 4.97. The van der Waals surface area contributed by atoms with Gasteiger partial charge in [0, 0.05) is 44.2 Å². The van der Waals surface area contributed by atoms with Gasteiger partial charge in [-0.3, -0.25) is 0 Å². The Hall–Kier alpha value is -2.05. The highest BCUT2D eigenvalue weighted by molar-refractivity contribution is 5.74. The van der Waals surface area contributed by atoms with Crippen molar-refractivity contribution in [3.8, 4) is 11.9 Å². The van der Waals surface area contributed by atoms with E-state index < -0.39 is 0 Å². The lowest BCUT2D eigenvalue weighted by Crippen LogP contribution is -2.49. The van der Waals surface area contributed by atoms with Gasteiger partial charge in [-0.1, -0.05) is 13.8 Å². The average molecular weight is 322 g/mol. The zero-order chi connectivity index (χ0) is 16.7. The molecule has 0 aliphatic carbocycles. The number of nitrogens with zero attached hydrogens (tertiary/aromatic N) is 3. The number of methoxy groups -OCH3 is 1. The third-order valence-electron chi connectivity index (χ3n) is 4.12. The van der Waals surface area contributed by atoms with Crippen LogP contribution in [0, 0.1) is 0 Å². The first-order chi connectivity index (χ1) is 11.2. The number of carbonyl (C=O) groups is 1. The van der Waals surface area contributed by atoms with Crippen LogP contribution in [0.3, 0.4) is 0 Å². The van der Waals surface area contributed by atoms with E-state index in [4.69, 9.17) is 9.47 Å². The van der Waals surface area contributed by atoms with Gasteiger partial charge in [0.1, 0.15) is 6.10 Å². The number of aromatic nitrogens is 2. The topological polar surface area (TPSA) is 76.6 Å². The monoisotopic (exact) mass is 322 g/mol. The van der Waals surface area contributed by atoms with Gasteiger partial charge >= 0.3 is 12.0 Å². The van der Waals surface area contributed by atoms with E-state index >= 15 is 0 Å². The number of hydrogen-bond acceptors (Lipinski definition) is 5. The molecule has 1 aromatic heterocycles. The summed E-state index contributed by atoms with van der Waals surface area (Å²) in [5.74, 6) is 0.511. The van der Waals surface area contributed by atoms with E-state index in [9.17, 15) is 4.79 Å². The largest absolute Gasteiger partial charge is 0.474 e. The number of nitrogens with one attached hydrogen (secondary N) is 1. The quantitative estimate of drug-likeness (QED) is 0.869. The molecule has 128 valence electrons. The molecule has 2 rings (SSSR count). The Morgan fingerprint density at radius 1 is 1.39 bits per heavy atom. The van der Waals surface area contributed by atoms with Gasteiger partial charge in [0.25, 0.3) is 0 Å². The van der Waals surface area contributed by atoms with Gasteiger partial charge in [0.2, 0.25) is 5.88 Å². The van der Waals surface area contributed by atoms with Gasteiger partial charge in [0.15, 0.2) is 0 Å². The summed E-state index contributed by atoms with van der Waals surface area (Å²) in [6.07, 6.45) is 5.17. The molecule has 2 heterocycles. The normalized spacial score (nSPS) is 15.6. The predicted molar refractivity (Wildman–Crippen MR) is 86.7 cm³/mol. The maximum absolute atomic E-state index is 12.2. The second-order valence-corrected chi connectivity index (χ2v) is 5.65. The molecule has 0 spiro atoms. The van der Waals surface area contributed by atoms with Crippen LogP contribution in [-0.2, 0) is 0 Å². The molecule has 1 fully saturated rings. The standard InChI is InChI=1S/C16H26N4O3/c1-4-12(5-2)18-16(21)20-10-7-13(8-11-20)23-14-6-9-17-15(19-14)22-3/h6,9,12-13H,4-5,7-8,10-11H2,1-3H3,(H,18,21). The lowest BCUT2D eigenvalue weighted by atomic mass is 10.1. The molecule has 0 bridgehead atoms. The molecule has 1 aromatic rings. The molecule has 0 atom stereocenters. The van der Waals surface area contributed by atoms with Gasteiger partial charge in [-0.05, 0) is 12.8 Å². The van der Waals surface area contributed by atoms with Crippen LogP contribution in [0.25, 0.3) is 0 Å². The Bertz CT molecular complexity index is 500. The zero-order valence-electron chi connectivity index (χ0n) is 14.1. The summed E-state index contributed by atoms with van der Waals surface area (Å²) in [5, 5.41) is 3.07. The number of piperidine rings is 1. The summed E-state index contributed by atoms with van der Waals surface area (Å²) in [6, 6.07) is 2.30. The molecular weight excluding hydrogens is 296 g/mol. The van der Waals surface area contributed by atoms with Crippen molar-refractivity contribution in [2.45, 2.75) is 51.7 Å². The lowest BCUT2D eigenvalue weighted by molar-refractivity contribution is 0.105. The summed E-state index contributed by atoms with van der Waals surface area (Å²) in [6.45, 7) is 5.56. The molecule has 0 unspecified atom stereocenters. The van der Waals surface area contributed by atoms with Crippen LogP contribution in [0.1, 0.15) is 39.5 Å². The summed E-state index contributed by atoms with van der Waals surface area (Å²) >= 11 is 0. The summed E-state index contributed by atoms with van der Waals surface area (Å²) in [4.78, 5) is 22.2. The van der Waals surface area contributed by atoms with Crippen molar-refractivity contribution in [2.75, 3.05) is 20.2 Å². The molecule has 0 aromatic carbocycles. The summed E-state index contributed by atoms with van der Waals surface area (Å²) in [7, 11) is 1.52. The Labute approximate surface area is 137 Å². The molecule has 1 aliphatic heterocycles. The first-order valence-corrected chi connectivity index (χ1v) is 8.25.